The Bertz CT molecular complexity index is 3240. The van der Waals surface area contributed by atoms with Gasteiger partial charge in [0.2, 0.25) is 0 Å². The molecular formula is C52H33NOS. The molecular weight excluding hydrogens is 687 g/mol. The van der Waals surface area contributed by atoms with Crippen molar-refractivity contribution in [3.63, 3.8) is 0 Å². The molecule has 0 saturated carbocycles. The molecule has 0 aliphatic rings. The van der Waals surface area contributed by atoms with Crippen molar-refractivity contribution in [2.45, 2.75) is 0 Å². The summed E-state index contributed by atoms with van der Waals surface area (Å²) in [5.41, 5.74) is 12.0. The first kappa shape index (κ1) is 31.6. The number of anilines is 3. The zero-order valence-corrected chi connectivity index (χ0v) is 30.6. The van der Waals surface area contributed by atoms with Crippen LogP contribution in [0.15, 0.2) is 205 Å². The van der Waals surface area contributed by atoms with Crippen LogP contribution in [0, 0.1) is 0 Å². The standard InChI is InChI=1S/C52H33NOS/c1-2-13-35-30-38(27-26-34(35)12-1)36-14-9-16-40(31-36)53(41-17-10-15-37(32-41)39-28-29-51-46(33-39)43-19-5-8-25-50(43)55-51)47-22-6-3-18-42(47)44-21-11-24-49-52(44)45-20-4-7-23-48(45)54-49/h1-33H. The second kappa shape index (κ2) is 12.9. The van der Waals surface area contributed by atoms with Crippen molar-refractivity contribution >= 4 is 81.3 Å². The molecule has 0 radical (unpaired) electrons. The van der Waals surface area contributed by atoms with Gasteiger partial charge >= 0.3 is 0 Å². The Kier molecular flexibility index (Phi) is 7.39. The molecule has 2 nitrogen and oxygen atoms in total. The van der Waals surface area contributed by atoms with Crippen molar-refractivity contribution in [1.82, 2.24) is 0 Å². The van der Waals surface area contributed by atoms with Crippen LogP contribution in [0.3, 0.4) is 0 Å². The van der Waals surface area contributed by atoms with Gasteiger partial charge in [0.15, 0.2) is 0 Å². The number of furan rings is 1. The smallest absolute Gasteiger partial charge is 0.136 e. The predicted molar refractivity (Wildman–Crippen MR) is 235 cm³/mol. The van der Waals surface area contributed by atoms with Crippen LogP contribution in [0.4, 0.5) is 17.1 Å². The third-order valence-electron chi connectivity index (χ3n) is 10.8. The number of thiophene rings is 1. The van der Waals surface area contributed by atoms with Crippen LogP contribution >= 0.6 is 11.3 Å². The fraction of sp³-hybridized carbons (Fsp3) is 0. The topological polar surface area (TPSA) is 16.4 Å². The monoisotopic (exact) mass is 719 g/mol. The molecule has 0 saturated heterocycles. The maximum atomic E-state index is 6.38. The largest absolute Gasteiger partial charge is 0.456 e. The molecule has 11 rings (SSSR count). The third-order valence-corrected chi connectivity index (χ3v) is 12.0. The summed E-state index contributed by atoms with van der Waals surface area (Å²) in [5.74, 6) is 0. The van der Waals surface area contributed by atoms with Crippen LogP contribution in [0.1, 0.15) is 0 Å². The lowest BCUT2D eigenvalue weighted by Crippen LogP contribution is -2.11. The van der Waals surface area contributed by atoms with Crippen molar-refractivity contribution in [1.29, 1.82) is 0 Å². The molecule has 2 heterocycles. The number of rotatable bonds is 6. The zero-order valence-electron chi connectivity index (χ0n) is 29.8. The summed E-state index contributed by atoms with van der Waals surface area (Å²) in [6.45, 7) is 0. The summed E-state index contributed by atoms with van der Waals surface area (Å²) in [6.07, 6.45) is 0. The maximum absolute atomic E-state index is 6.38. The van der Waals surface area contributed by atoms with Crippen LogP contribution in [-0.4, -0.2) is 0 Å². The molecule has 9 aromatic carbocycles. The molecule has 0 spiro atoms. The normalized spacial score (nSPS) is 11.6. The SMILES string of the molecule is c1cc(-c2ccc3ccccc3c2)cc(N(c2cccc(-c3ccc4sc5ccccc5c4c3)c2)c2ccccc2-c2cccc3oc4ccccc4c23)c1. The van der Waals surface area contributed by atoms with E-state index >= 15 is 0 Å². The van der Waals surface area contributed by atoms with Crippen molar-refractivity contribution in [2.75, 3.05) is 4.90 Å². The third kappa shape index (κ3) is 5.40. The highest BCUT2D eigenvalue weighted by atomic mass is 32.1. The number of nitrogens with zero attached hydrogens (tertiary/aromatic N) is 1. The number of benzene rings is 9. The van der Waals surface area contributed by atoms with Gasteiger partial charge in [0.25, 0.3) is 0 Å². The Morgan fingerprint density at radius 3 is 1.82 bits per heavy atom. The predicted octanol–water partition coefficient (Wildman–Crippen LogP) is 15.6. The first-order valence-corrected chi connectivity index (χ1v) is 19.5. The summed E-state index contributed by atoms with van der Waals surface area (Å²) >= 11 is 1.85. The molecule has 0 amide bonds. The molecule has 55 heavy (non-hydrogen) atoms. The zero-order chi connectivity index (χ0) is 36.3. The van der Waals surface area contributed by atoms with Gasteiger partial charge in [0.05, 0.1) is 5.69 Å². The number of para-hydroxylation sites is 2. The van der Waals surface area contributed by atoms with E-state index in [4.69, 9.17) is 4.42 Å². The van der Waals surface area contributed by atoms with Crippen molar-refractivity contribution in [2.24, 2.45) is 0 Å². The molecule has 2 aromatic heterocycles. The van der Waals surface area contributed by atoms with Gasteiger partial charge in [-0.1, -0.05) is 133 Å². The average Bonchev–Trinajstić information content (AvgIpc) is 3.82. The minimum atomic E-state index is 0.886. The minimum absolute atomic E-state index is 0.886. The highest BCUT2D eigenvalue weighted by molar-refractivity contribution is 7.25. The number of fused-ring (bicyclic) bond motifs is 7. The first-order valence-electron chi connectivity index (χ1n) is 18.7. The molecule has 0 aliphatic heterocycles. The van der Waals surface area contributed by atoms with Crippen LogP contribution in [0.2, 0.25) is 0 Å². The summed E-state index contributed by atoms with van der Waals surface area (Å²) in [4.78, 5) is 2.42. The Balaban J connectivity index is 1.12. The lowest BCUT2D eigenvalue weighted by Gasteiger charge is -2.29. The van der Waals surface area contributed by atoms with Gasteiger partial charge in [-0.05, 0) is 105 Å². The van der Waals surface area contributed by atoms with Gasteiger partial charge in [0, 0.05) is 47.9 Å². The summed E-state index contributed by atoms with van der Waals surface area (Å²) < 4.78 is 9.01. The lowest BCUT2D eigenvalue weighted by molar-refractivity contribution is 0.669. The van der Waals surface area contributed by atoms with Crippen molar-refractivity contribution in [3.8, 4) is 33.4 Å². The average molecular weight is 720 g/mol. The Morgan fingerprint density at radius 2 is 0.964 bits per heavy atom. The second-order valence-corrected chi connectivity index (χ2v) is 15.2. The molecule has 0 aliphatic carbocycles. The fourth-order valence-corrected chi connectivity index (χ4v) is 9.33. The van der Waals surface area contributed by atoms with E-state index in [9.17, 15) is 0 Å². The molecule has 0 atom stereocenters. The molecule has 3 heteroatoms. The van der Waals surface area contributed by atoms with Crippen molar-refractivity contribution in [3.05, 3.63) is 200 Å². The molecule has 0 bridgehead atoms. The fourth-order valence-electron chi connectivity index (χ4n) is 8.25. The van der Waals surface area contributed by atoms with E-state index in [1.165, 1.54) is 53.2 Å². The highest BCUT2D eigenvalue weighted by Crippen LogP contribution is 2.46. The van der Waals surface area contributed by atoms with E-state index in [2.05, 4.69) is 199 Å². The van der Waals surface area contributed by atoms with Crippen LogP contribution < -0.4 is 4.90 Å². The molecule has 258 valence electrons. The van der Waals surface area contributed by atoms with Gasteiger partial charge < -0.3 is 9.32 Å². The lowest BCUT2D eigenvalue weighted by atomic mass is 9.96. The Hall–Kier alpha value is -6.94. The van der Waals surface area contributed by atoms with E-state index in [0.717, 1.165) is 50.1 Å². The number of hydrogen-bond acceptors (Lipinski definition) is 3. The van der Waals surface area contributed by atoms with Gasteiger partial charge in [0.1, 0.15) is 11.2 Å². The summed E-state index contributed by atoms with van der Waals surface area (Å²) in [6, 6.07) is 72.4. The Labute approximate surface area is 322 Å². The van der Waals surface area contributed by atoms with E-state index in [0.29, 0.717) is 0 Å². The number of hydrogen-bond donors (Lipinski definition) is 0. The van der Waals surface area contributed by atoms with Crippen molar-refractivity contribution < 1.29 is 4.42 Å². The first-order chi connectivity index (χ1) is 27.2. The van der Waals surface area contributed by atoms with Crippen LogP contribution in [0.25, 0.3) is 86.3 Å². The quantitative estimate of drug-likeness (QED) is 0.170. The minimum Gasteiger partial charge on any atom is -0.456 e. The van der Waals surface area contributed by atoms with Crippen LogP contribution in [0.5, 0.6) is 0 Å². The molecule has 0 N–H and O–H groups in total. The molecule has 11 aromatic rings. The van der Waals surface area contributed by atoms with Crippen LogP contribution in [-0.2, 0) is 0 Å². The van der Waals surface area contributed by atoms with Gasteiger partial charge in [-0.3, -0.25) is 0 Å². The maximum Gasteiger partial charge on any atom is 0.136 e. The van der Waals surface area contributed by atoms with E-state index in [-0.39, 0.29) is 0 Å². The summed E-state index contributed by atoms with van der Waals surface area (Å²) in [5, 5.41) is 7.32. The van der Waals surface area contributed by atoms with E-state index in [1.54, 1.807) is 0 Å². The van der Waals surface area contributed by atoms with Gasteiger partial charge in [-0.25, -0.2) is 0 Å². The van der Waals surface area contributed by atoms with E-state index < -0.39 is 0 Å². The van der Waals surface area contributed by atoms with Gasteiger partial charge in [-0.2, -0.15) is 0 Å². The Morgan fingerprint density at radius 1 is 0.364 bits per heavy atom. The summed E-state index contributed by atoms with van der Waals surface area (Å²) in [7, 11) is 0. The molecule has 0 unspecified atom stereocenters. The highest BCUT2D eigenvalue weighted by Gasteiger charge is 2.21. The second-order valence-electron chi connectivity index (χ2n) is 14.1. The molecule has 0 fully saturated rings. The van der Waals surface area contributed by atoms with Gasteiger partial charge in [-0.15, -0.1) is 11.3 Å². The van der Waals surface area contributed by atoms with E-state index in [1.807, 2.05) is 17.4 Å².